The van der Waals surface area contributed by atoms with Crippen LogP contribution in [0.1, 0.15) is 26.2 Å². The summed E-state index contributed by atoms with van der Waals surface area (Å²) in [5, 5.41) is 3.50. The summed E-state index contributed by atoms with van der Waals surface area (Å²) in [6, 6.07) is 0. The van der Waals surface area contributed by atoms with Gasteiger partial charge in [-0.2, -0.15) is 0 Å². The first kappa shape index (κ1) is 9.01. The summed E-state index contributed by atoms with van der Waals surface area (Å²) in [6.07, 6.45) is 10.8. The zero-order valence-corrected chi connectivity index (χ0v) is 8.42. The van der Waals surface area contributed by atoms with Crippen LogP contribution in [0.5, 0.6) is 0 Å². The van der Waals surface area contributed by atoms with Gasteiger partial charge in [0.05, 0.1) is 0 Å². The van der Waals surface area contributed by atoms with Crippen molar-refractivity contribution in [2.24, 2.45) is 11.8 Å². The molecule has 1 aliphatic carbocycles. The summed E-state index contributed by atoms with van der Waals surface area (Å²) in [4.78, 5) is 0. The molecular weight excluding hydrogens is 158 g/mol. The van der Waals surface area contributed by atoms with Crippen molar-refractivity contribution in [3.63, 3.8) is 0 Å². The van der Waals surface area contributed by atoms with Gasteiger partial charge in [0.2, 0.25) is 0 Å². The van der Waals surface area contributed by atoms with Gasteiger partial charge in [-0.05, 0) is 51.1 Å². The molecule has 1 saturated heterocycles. The lowest BCUT2D eigenvalue weighted by atomic mass is 9.78. The van der Waals surface area contributed by atoms with E-state index in [0.29, 0.717) is 0 Å². The Bertz CT molecular complexity index is 221. The van der Waals surface area contributed by atoms with E-state index < -0.39 is 0 Å². The van der Waals surface area contributed by atoms with Crippen LogP contribution >= 0.6 is 0 Å². The van der Waals surface area contributed by atoms with Gasteiger partial charge in [0.15, 0.2) is 0 Å². The van der Waals surface area contributed by atoms with Crippen molar-refractivity contribution in [2.45, 2.75) is 26.2 Å². The average Bonchev–Trinajstić information content (AvgIpc) is 2.20. The first-order valence-electron chi connectivity index (χ1n) is 5.42. The third kappa shape index (κ3) is 2.02. The van der Waals surface area contributed by atoms with Gasteiger partial charge < -0.3 is 5.32 Å². The second-order valence-corrected chi connectivity index (χ2v) is 4.29. The number of nitrogens with one attached hydrogen (secondary N) is 1. The van der Waals surface area contributed by atoms with E-state index in [-0.39, 0.29) is 0 Å². The van der Waals surface area contributed by atoms with Gasteiger partial charge in [-0.1, -0.05) is 23.8 Å². The first-order valence-corrected chi connectivity index (χ1v) is 5.42. The summed E-state index contributed by atoms with van der Waals surface area (Å²) in [5.74, 6) is 1.70. The van der Waals surface area contributed by atoms with Crippen molar-refractivity contribution >= 4 is 0 Å². The molecule has 0 spiro atoms. The molecule has 1 heterocycles. The molecule has 0 saturated carbocycles. The molecule has 1 heteroatoms. The van der Waals surface area contributed by atoms with E-state index in [1.165, 1.54) is 32.4 Å². The van der Waals surface area contributed by atoms with Crippen LogP contribution in [0.4, 0.5) is 0 Å². The molecule has 1 aliphatic heterocycles. The van der Waals surface area contributed by atoms with Crippen LogP contribution in [0.25, 0.3) is 0 Å². The van der Waals surface area contributed by atoms with Crippen molar-refractivity contribution in [3.05, 3.63) is 23.8 Å². The van der Waals surface area contributed by atoms with Gasteiger partial charge in [0.1, 0.15) is 0 Å². The van der Waals surface area contributed by atoms with Crippen LogP contribution in [0, 0.1) is 11.8 Å². The van der Waals surface area contributed by atoms with Gasteiger partial charge in [-0.25, -0.2) is 0 Å². The lowest BCUT2D eigenvalue weighted by Gasteiger charge is -2.32. The summed E-state index contributed by atoms with van der Waals surface area (Å²) in [6.45, 7) is 4.73. The molecule has 1 fully saturated rings. The Morgan fingerprint density at radius 2 is 2.38 bits per heavy atom. The molecule has 0 amide bonds. The van der Waals surface area contributed by atoms with Crippen molar-refractivity contribution in [1.82, 2.24) is 5.32 Å². The zero-order chi connectivity index (χ0) is 9.10. The van der Waals surface area contributed by atoms with E-state index in [0.717, 1.165) is 11.8 Å². The maximum absolute atomic E-state index is 3.50. The highest BCUT2D eigenvalue weighted by Crippen LogP contribution is 2.31. The molecule has 2 aliphatic rings. The molecule has 2 rings (SSSR count). The summed E-state index contributed by atoms with van der Waals surface area (Å²) >= 11 is 0. The van der Waals surface area contributed by atoms with E-state index in [9.17, 15) is 0 Å². The van der Waals surface area contributed by atoms with Crippen LogP contribution < -0.4 is 5.32 Å². The van der Waals surface area contributed by atoms with Gasteiger partial charge in [-0.15, -0.1) is 0 Å². The van der Waals surface area contributed by atoms with E-state index >= 15 is 0 Å². The number of allylic oxidation sites excluding steroid dienone is 4. The molecule has 2 atom stereocenters. The fourth-order valence-electron chi connectivity index (χ4n) is 2.54. The van der Waals surface area contributed by atoms with E-state index in [4.69, 9.17) is 0 Å². The lowest BCUT2D eigenvalue weighted by molar-refractivity contribution is 0.293. The maximum atomic E-state index is 3.50. The van der Waals surface area contributed by atoms with Crippen LogP contribution in [-0.4, -0.2) is 13.1 Å². The topological polar surface area (TPSA) is 12.0 Å². The number of rotatable bonds is 1. The standard InChI is InChI=1S/C12H19N/c1-10-5-2-3-7-12(10)11-6-4-8-13-9-11/h2-3,5,11-13H,4,6-9H2,1H3/t11-,12?/m1/s1. The predicted molar refractivity (Wildman–Crippen MR) is 56.6 cm³/mol. The monoisotopic (exact) mass is 177 g/mol. The van der Waals surface area contributed by atoms with Gasteiger partial charge in [-0.3, -0.25) is 0 Å². The number of hydrogen-bond acceptors (Lipinski definition) is 1. The highest BCUT2D eigenvalue weighted by molar-refractivity contribution is 5.20. The Kier molecular flexibility index (Phi) is 2.84. The highest BCUT2D eigenvalue weighted by atomic mass is 14.9. The minimum Gasteiger partial charge on any atom is -0.316 e. The maximum Gasteiger partial charge on any atom is -0.00147 e. The molecule has 0 bridgehead atoms. The second-order valence-electron chi connectivity index (χ2n) is 4.29. The van der Waals surface area contributed by atoms with Crippen molar-refractivity contribution in [2.75, 3.05) is 13.1 Å². The van der Waals surface area contributed by atoms with Gasteiger partial charge in [0, 0.05) is 0 Å². The van der Waals surface area contributed by atoms with Crippen molar-refractivity contribution in [3.8, 4) is 0 Å². The highest BCUT2D eigenvalue weighted by Gasteiger charge is 2.24. The zero-order valence-electron chi connectivity index (χ0n) is 8.42. The molecule has 0 aromatic rings. The SMILES string of the molecule is CC1=CC=CCC1[C@@H]1CCCNC1. The summed E-state index contributed by atoms with van der Waals surface area (Å²) in [7, 11) is 0. The normalized spacial score (nSPS) is 34.4. The average molecular weight is 177 g/mol. The Hall–Kier alpha value is -0.560. The predicted octanol–water partition coefficient (Wildman–Crippen LogP) is 2.51. The van der Waals surface area contributed by atoms with Crippen LogP contribution in [0.3, 0.4) is 0 Å². The third-order valence-electron chi connectivity index (χ3n) is 3.37. The Balaban J connectivity index is 1.99. The summed E-state index contributed by atoms with van der Waals surface area (Å²) in [5.41, 5.74) is 1.58. The Morgan fingerprint density at radius 1 is 1.46 bits per heavy atom. The van der Waals surface area contributed by atoms with Crippen LogP contribution in [-0.2, 0) is 0 Å². The van der Waals surface area contributed by atoms with Gasteiger partial charge >= 0.3 is 0 Å². The van der Waals surface area contributed by atoms with Crippen molar-refractivity contribution in [1.29, 1.82) is 0 Å². The molecule has 13 heavy (non-hydrogen) atoms. The smallest absolute Gasteiger partial charge is 0.00147 e. The molecule has 1 unspecified atom stereocenters. The fourth-order valence-corrected chi connectivity index (χ4v) is 2.54. The Morgan fingerprint density at radius 3 is 3.08 bits per heavy atom. The lowest BCUT2D eigenvalue weighted by Crippen LogP contribution is -2.34. The summed E-state index contributed by atoms with van der Waals surface area (Å²) < 4.78 is 0. The van der Waals surface area contributed by atoms with Crippen LogP contribution in [0.2, 0.25) is 0 Å². The molecule has 72 valence electrons. The molecule has 1 N–H and O–H groups in total. The molecular formula is C12H19N. The molecule has 0 radical (unpaired) electrons. The quantitative estimate of drug-likeness (QED) is 0.649. The molecule has 0 aromatic carbocycles. The first-order chi connectivity index (χ1) is 6.38. The minimum absolute atomic E-state index is 0.817. The number of piperidine rings is 1. The van der Waals surface area contributed by atoms with Crippen molar-refractivity contribution < 1.29 is 0 Å². The minimum atomic E-state index is 0.817. The second kappa shape index (κ2) is 4.10. The third-order valence-corrected chi connectivity index (χ3v) is 3.37. The largest absolute Gasteiger partial charge is 0.316 e. The van der Waals surface area contributed by atoms with Crippen LogP contribution in [0.15, 0.2) is 23.8 Å². The molecule has 0 aromatic heterocycles. The van der Waals surface area contributed by atoms with Gasteiger partial charge in [0.25, 0.3) is 0 Å². The Labute approximate surface area is 80.9 Å². The van der Waals surface area contributed by atoms with E-state index in [1.54, 1.807) is 5.57 Å². The number of hydrogen-bond donors (Lipinski definition) is 1. The van der Waals surface area contributed by atoms with E-state index in [2.05, 4.69) is 30.5 Å². The fraction of sp³-hybridized carbons (Fsp3) is 0.667. The van der Waals surface area contributed by atoms with E-state index in [1.807, 2.05) is 0 Å². The molecule has 1 nitrogen and oxygen atoms in total.